The molecule has 0 saturated heterocycles. The Morgan fingerprint density at radius 1 is 0.909 bits per heavy atom. The molecule has 0 bridgehead atoms. The van der Waals surface area contributed by atoms with E-state index in [0.717, 1.165) is 0 Å². The van der Waals surface area contributed by atoms with Gasteiger partial charge in [0.05, 0.1) is 44.7 Å². The molecule has 0 fully saturated rings. The minimum atomic E-state index is -1.04. The van der Waals surface area contributed by atoms with Crippen LogP contribution < -0.4 is 35.6 Å². The number of rotatable bonds is 19. The molecule has 0 radical (unpaired) electrons. The first-order valence-corrected chi connectivity index (χ1v) is 17.5. The number of amides is 5. The molecule has 3 unspecified atom stereocenters. The minimum Gasteiger partial charge on any atom is -0.493 e. The Balaban J connectivity index is 1.89. The van der Waals surface area contributed by atoms with Crippen LogP contribution in [0, 0.1) is 5.92 Å². The van der Waals surface area contributed by atoms with E-state index in [-0.39, 0.29) is 67.0 Å². The summed E-state index contributed by atoms with van der Waals surface area (Å²) in [6.07, 6.45) is 1.76. The highest BCUT2D eigenvalue weighted by atomic mass is 16.6. The molecule has 1 aliphatic rings. The first-order chi connectivity index (χ1) is 26.3. The van der Waals surface area contributed by atoms with Crippen molar-refractivity contribution in [1.82, 2.24) is 10.6 Å². The van der Waals surface area contributed by atoms with Gasteiger partial charge in [0.1, 0.15) is 25.3 Å². The molecule has 1 heterocycles. The van der Waals surface area contributed by atoms with E-state index >= 15 is 0 Å². The van der Waals surface area contributed by atoms with Gasteiger partial charge >= 0.3 is 18.2 Å². The van der Waals surface area contributed by atoms with Gasteiger partial charge in [-0.15, -0.1) is 0 Å². The maximum atomic E-state index is 14.4. The van der Waals surface area contributed by atoms with Gasteiger partial charge in [0.15, 0.2) is 11.5 Å². The van der Waals surface area contributed by atoms with Crippen LogP contribution in [0.15, 0.2) is 55.6 Å². The van der Waals surface area contributed by atoms with E-state index in [1.54, 1.807) is 32.0 Å². The van der Waals surface area contributed by atoms with Crippen molar-refractivity contribution in [2.45, 2.75) is 58.2 Å². The molecule has 2 aromatic rings. The van der Waals surface area contributed by atoms with E-state index in [0.29, 0.717) is 17.7 Å². The Morgan fingerprint density at radius 3 is 2.22 bits per heavy atom. The maximum absolute atomic E-state index is 14.4. The summed E-state index contributed by atoms with van der Waals surface area (Å²) in [5, 5.41) is 20.8. The summed E-state index contributed by atoms with van der Waals surface area (Å²) in [4.78, 5) is 78.4. The van der Waals surface area contributed by atoms with Crippen LogP contribution in [-0.2, 0) is 35.0 Å². The Bertz CT molecular complexity index is 1750. The average Bonchev–Trinajstić information content (AvgIpc) is 3.54. The Morgan fingerprint density at radius 2 is 1.60 bits per heavy atom. The summed E-state index contributed by atoms with van der Waals surface area (Å²) in [6.45, 7) is 11.4. The summed E-state index contributed by atoms with van der Waals surface area (Å²) >= 11 is 0. The van der Waals surface area contributed by atoms with Crippen LogP contribution in [0.25, 0.3) is 0 Å². The number of esters is 1. The van der Waals surface area contributed by atoms with Crippen LogP contribution in [0.4, 0.5) is 26.7 Å². The van der Waals surface area contributed by atoms with Crippen LogP contribution >= 0.6 is 0 Å². The number of nitrogens with zero attached hydrogens (tertiary/aromatic N) is 1. The highest BCUT2D eigenvalue weighted by molar-refractivity contribution is 6.13. The van der Waals surface area contributed by atoms with Crippen LogP contribution in [-0.4, -0.2) is 99.8 Å². The summed E-state index contributed by atoms with van der Waals surface area (Å²) in [5.41, 5.74) is 1.33. The fourth-order valence-corrected chi connectivity index (χ4v) is 5.48. The number of aliphatic hydroxyl groups excluding tert-OH is 1. The predicted octanol–water partition coefficient (Wildman–Crippen LogP) is 3.71. The topological polar surface area (TPSA) is 220 Å². The van der Waals surface area contributed by atoms with Crippen LogP contribution in [0.2, 0.25) is 0 Å². The lowest BCUT2D eigenvalue weighted by Crippen LogP contribution is -2.53. The van der Waals surface area contributed by atoms with Gasteiger partial charge in [-0.2, -0.15) is 0 Å². The second-order valence-corrected chi connectivity index (χ2v) is 12.6. The van der Waals surface area contributed by atoms with Crippen molar-refractivity contribution in [1.29, 1.82) is 0 Å². The fourth-order valence-electron chi connectivity index (χ4n) is 5.48. The third-order valence-electron chi connectivity index (χ3n) is 8.28. The monoisotopic (exact) mass is 767 g/mol. The number of carbonyl (C=O) groups excluding carboxylic acids is 6. The molecule has 5 amide bonds. The molecule has 0 aliphatic carbocycles. The van der Waals surface area contributed by atoms with E-state index in [1.807, 2.05) is 0 Å². The van der Waals surface area contributed by atoms with Gasteiger partial charge in [-0.05, 0) is 49.4 Å². The fraction of sp³-hybridized carbons (Fsp3) is 0.421. The van der Waals surface area contributed by atoms with Gasteiger partial charge in [-0.3, -0.25) is 24.5 Å². The molecule has 2 aromatic carbocycles. The van der Waals surface area contributed by atoms with Gasteiger partial charge < -0.3 is 49.6 Å². The largest absolute Gasteiger partial charge is 0.493 e. The van der Waals surface area contributed by atoms with Crippen LogP contribution in [0.5, 0.6) is 11.5 Å². The standard InChI is InChI=1S/C38H49N5O12/c1-8-14-54-37(49)41-28-20-31(53-16-10-11-32(45)52-7)30(51-6)19-27(28)36(48)43-26(21-44)17-24-12-13-25(18-29(24)43)40-34(46)23(5)39-35(47)33(22(3)4)42-38(50)55-15-9-2/h8-9,12-13,18-20,22-23,26,33,44H,1-2,10-11,14-17,21H2,3-7H3,(H,39,47)(H,40,46)(H,41,49)(H,42,50). The Hall–Kier alpha value is -6.10. The zero-order valence-electron chi connectivity index (χ0n) is 31.6. The summed E-state index contributed by atoms with van der Waals surface area (Å²) in [5.74, 6) is -2.25. The predicted molar refractivity (Wildman–Crippen MR) is 202 cm³/mol. The number of anilines is 3. The molecule has 0 spiro atoms. The quantitative estimate of drug-likeness (QED) is 0.0598. The van der Waals surface area contributed by atoms with E-state index in [1.165, 1.54) is 50.3 Å². The number of fused-ring (bicyclic) bond motifs is 1. The molecule has 3 atom stereocenters. The number of ether oxygens (including phenoxy) is 5. The number of hydrogen-bond acceptors (Lipinski definition) is 12. The lowest BCUT2D eigenvalue weighted by molar-refractivity contribution is -0.140. The third kappa shape index (κ3) is 11.9. The van der Waals surface area contributed by atoms with Crippen LogP contribution in [0.1, 0.15) is 49.5 Å². The number of nitrogens with one attached hydrogen (secondary N) is 4. The molecule has 0 aromatic heterocycles. The second-order valence-electron chi connectivity index (χ2n) is 12.6. The van der Waals surface area contributed by atoms with Crippen LogP contribution in [0.3, 0.4) is 0 Å². The molecular formula is C38H49N5O12. The molecule has 17 nitrogen and oxygen atoms in total. The van der Waals surface area contributed by atoms with Crippen molar-refractivity contribution in [3.05, 3.63) is 66.8 Å². The molecule has 55 heavy (non-hydrogen) atoms. The Kier molecular flexibility index (Phi) is 16.5. The van der Waals surface area contributed by atoms with Crippen molar-refractivity contribution >= 4 is 52.9 Å². The Labute approximate surface area is 319 Å². The molecule has 17 heteroatoms. The average molecular weight is 768 g/mol. The normalized spacial score (nSPS) is 14.0. The lowest BCUT2D eigenvalue weighted by atomic mass is 10.0. The van der Waals surface area contributed by atoms with Crippen molar-refractivity contribution in [2.75, 3.05) is 56.2 Å². The molecule has 1 aliphatic heterocycles. The summed E-state index contributed by atoms with van der Waals surface area (Å²) in [6, 6.07) is 4.91. The smallest absolute Gasteiger partial charge is 0.411 e. The highest BCUT2D eigenvalue weighted by Gasteiger charge is 2.36. The number of alkyl carbamates (subject to hydrolysis) is 1. The van der Waals surface area contributed by atoms with Crippen molar-refractivity contribution < 1.29 is 57.6 Å². The second kappa shape index (κ2) is 21.0. The van der Waals surface area contributed by atoms with Gasteiger partial charge in [-0.25, -0.2) is 9.59 Å². The summed E-state index contributed by atoms with van der Waals surface area (Å²) < 4.78 is 26.0. The number of carbonyl (C=O) groups is 6. The molecular weight excluding hydrogens is 718 g/mol. The number of benzene rings is 2. The molecule has 5 N–H and O–H groups in total. The van der Waals surface area contributed by atoms with Crippen molar-refractivity contribution in [3.63, 3.8) is 0 Å². The first-order valence-electron chi connectivity index (χ1n) is 17.5. The summed E-state index contributed by atoms with van der Waals surface area (Å²) in [7, 11) is 2.65. The number of aliphatic hydroxyl groups is 1. The minimum absolute atomic E-state index is 0.00477. The zero-order chi connectivity index (χ0) is 40.7. The van der Waals surface area contributed by atoms with Gasteiger partial charge in [0.25, 0.3) is 5.91 Å². The molecule has 0 saturated carbocycles. The van der Waals surface area contributed by atoms with E-state index in [4.69, 9.17) is 18.9 Å². The van der Waals surface area contributed by atoms with Crippen molar-refractivity contribution in [3.8, 4) is 11.5 Å². The molecule has 3 rings (SSSR count). The number of hydrogen-bond donors (Lipinski definition) is 5. The number of methoxy groups -OCH3 is 2. The van der Waals surface area contributed by atoms with Crippen molar-refractivity contribution in [2.24, 2.45) is 5.92 Å². The van der Waals surface area contributed by atoms with E-state index < -0.39 is 60.6 Å². The van der Waals surface area contributed by atoms with Gasteiger partial charge in [0, 0.05) is 23.9 Å². The first kappa shape index (κ1) is 43.3. The lowest BCUT2D eigenvalue weighted by Gasteiger charge is -2.26. The molecule has 298 valence electrons. The van der Waals surface area contributed by atoms with E-state index in [2.05, 4.69) is 39.2 Å². The highest BCUT2D eigenvalue weighted by Crippen LogP contribution is 2.39. The SMILES string of the molecule is C=CCOC(=O)Nc1cc(OCCCC(=O)OC)c(OC)cc1C(=O)N1c2cc(NC(=O)C(C)NC(=O)C(NC(=O)OCC=C)C(C)C)ccc2CC1CO. The van der Waals surface area contributed by atoms with E-state index in [9.17, 15) is 33.9 Å². The van der Waals surface area contributed by atoms with Gasteiger partial charge in [-0.1, -0.05) is 45.2 Å². The maximum Gasteiger partial charge on any atom is 0.411 e. The van der Waals surface area contributed by atoms with Gasteiger partial charge in [0.2, 0.25) is 11.8 Å². The third-order valence-corrected chi connectivity index (χ3v) is 8.28. The zero-order valence-corrected chi connectivity index (χ0v) is 31.6.